The highest BCUT2D eigenvalue weighted by atomic mass is 16.6. The first kappa shape index (κ1) is 25.9. The molecule has 37 heavy (non-hydrogen) atoms. The van der Waals surface area contributed by atoms with E-state index >= 15 is 0 Å². The van der Waals surface area contributed by atoms with E-state index < -0.39 is 18.0 Å². The van der Waals surface area contributed by atoms with E-state index in [1.54, 1.807) is 12.1 Å². The maximum Gasteiger partial charge on any atom is 0.416 e. The molecule has 0 bridgehead atoms. The predicted molar refractivity (Wildman–Crippen MR) is 138 cm³/mol. The van der Waals surface area contributed by atoms with E-state index in [0.717, 1.165) is 16.7 Å². The zero-order chi connectivity index (χ0) is 26.2. The topological polar surface area (TPSA) is 82.1 Å². The predicted octanol–water partition coefficient (Wildman–Crippen LogP) is 5.21. The van der Waals surface area contributed by atoms with Crippen LogP contribution in [-0.4, -0.2) is 42.6 Å². The number of rotatable bonds is 10. The zero-order valence-corrected chi connectivity index (χ0v) is 21.1. The molecule has 0 aromatic heterocycles. The molecule has 0 saturated carbocycles. The lowest BCUT2D eigenvalue weighted by molar-refractivity contribution is -0.133. The van der Waals surface area contributed by atoms with Gasteiger partial charge in [0.05, 0.1) is 13.2 Å². The molecular weight excluding hydrogens is 470 g/mol. The van der Waals surface area contributed by atoms with Crippen LogP contribution in [0.3, 0.4) is 0 Å². The van der Waals surface area contributed by atoms with Crippen molar-refractivity contribution < 1.29 is 28.6 Å². The summed E-state index contributed by atoms with van der Waals surface area (Å²) in [4.78, 5) is 40.1. The van der Waals surface area contributed by atoms with Gasteiger partial charge in [0.15, 0.2) is 0 Å². The summed E-state index contributed by atoms with van der Waals surface area (Å²) in [5.74, 6) is -0.833. The molecule has 3 aromatic carbocycles. The van der Waals surface area contributed by atoms with Gasteiger partial charge in [0.2, 0.25) is 5.91 Å². The molecule has 1 saturated heterocycles. The summed E-state index contributed by atoms with van der Waals surface area (Å²) in [7, 11) is 1.49. The second-order valence-electron chi connectivity index (χ2n) is 9.03. The van der Waals surface area contributed by atoms with Crippen LogP contribution >= 0.6 is 0 Å². The fourth-order valence-electron chi connectivity index (χ4n) is 4.50. The number of imide groups is 1. The van der Waals surface area contributed by atoms with Crippen LogP contribution in [0.25, 0.3) is 0 Å². The molecule has 7 heteroatoms. The first-order chi connectivity index (χ1) is 18.0. The van der Waals surface area contributed by atoms with Crippen molar-refractivity contribution in [2.45, 2.75) is 38.8 Å². The van der Waals surface area contributed by atoms with Gasteiger partial charge in [-0.1, -0.05) is 73.7 Å². The van der Waals surface area contributed by atoms with Gasteiger partial charge in [0.1, 0.15) is 24.5 Å². The quantitative estimate of drug-likeness (QED) is 0.355. The van der Waals surface area contributed by atoms with Crippen molar-refractivity contribution in [2.24, 2.45) is 5.92 Å². The Balaban J connectivity index is 1.48. The Hall–Kier alpha value is -4.13. The minimum atomic E-state index is -0.607. The Labute approximate surface area is 217 Å². The molecule has 2 amide bonds. The van der Waals surface area contributed by atoms with Crippen molar-refractivity contribution in [1.82, 2.24) is 4.90 Å². The summed E-state index contributed by atoms with van der Waals surface area (Å²) in [6.07, 6.45) is 0.819. The normalized spacial score (nSPS) is 15.7. The number of hydrogen-bond acceptors (Lipinski definition) is 6. The molecular formula is C30H31NO6. The number of ether oxygens (including phenoxy) is 3. The smallest absolute Gasteiger partial charge is 0.416 e. The van der Waals surface area contributed by atoms with Crippen LogP contribution in [-0.2, 0) is 33.7 Å². The van der Waals surface area contributed by atoms with Gasteiger partial charge < -0.3 is 14.2 Å². The van der Waals surface area contributed by atoms with Crippen molar-refractivity contribution in [3.63, 3.8) is 0 Å². The Kier molecular flexibility index (Phi) is 8.56. The molecule has 0 unspecified atom stereocenters. The minimum absolute atomic E-state index is 0.142. The summed E-state index contributed by atoms with van der Waals surface area (Å²) >= 11 is 0. The molecule has 2 atom stereocenters. The lowest BCUT2D eigenvalue weighted by Gasteiger charge is -2.24. The standard InChI is InChI=1S/C30H31NO6/c1-3-24(28(32)31-25(20-37-30(31)34)17-21-10-6-4-7-11-21)16-23-14-15-27(35-2)26(18-23)29(33)36-19-22-12-8-5-9-13-22/h4-15,18,24-25H,3,16-17,19-20H2,1-2H3/t24-,25-/m1/s1. The molecule has 3 aromatic rings. The van der Waals surface area contributed by atoms with Gasteiger partial charge in [-0.2, -0.15) is 0 Å². The summed E-state index contributed by atoms with van der Waals surface area (Å²) < 4.78 is 16.1. The summed E-state index contributed by atoms with van der Waals surface area (Å²) in [5, 5.41) is 0. The van der Waals surface area contributed by atoms with E-state index in [0.29, 0.717) is 30.6 Å². The van der Waals surface area contributed by atoms with Crippen molar-refractivity contribution in [2.75, 3.05) is 13.7 Å². The van der Waals surface area contributed by atoms with Crippen LogP contribution in [0.5, 0.6) is 5.75 Å². The number of benzene rings is 3. The third-order valence-corrected chi connectivity index (χ3v) is 6.53. The van der Waals surface area contributed by atoms with E-state index in [1.165, 1.54) is 12.0 Å². The number of methoxy groups -OCH3 is 1. The molecule has 7 nitrogen and oxygen atoms in total. The number of amides is 2. The van der Waals surface area contributed by atoms with Crippen LogP contribution in [0.4, 0.5) is 4.79 Å². The van der Waals surface area contributed by atoms with Crippen molar-refractivity contribution >= 4 is 18.0 Å². The van der Waals surface area contributed by atoms with Crippen LogP contribution in [0.1, 0.15) is 40.4 Å². The molecule has 1 heterocycles. The third-order valence-electron chi connectivity index (χ3n) is 6.53. The van der Waals surface area contributed by atoms with Gasteiger partial charge in [-0.05, 0) is 48.1 Å². The fourth-order valence-corrected chi connectivity index (χ4v) is 4.50. The number of hydrogen-bond donors (Lipinski definition) is 0. The van der Waals surface area contributed by atoms with Crippen molar-refractivity contribution in [3.05, 3.63) is 101 Å². The lowest BCUT2D eigenvalue weighted by atomic mass is 9.93. The Morgan fingerprint density at radius 1 is 0.973 bits per heavy atom. The van der Waals surface area contributed by atoms with E-state index in [9.17, 15) is 14.4 Å². The average molecular weight is 502 g/mol. The van der Waals surface area contributed by atoms with Crippen LogP contribution in [0.2, 0.25) is 0 Å². The van der Waals surface area contributed by atoms with Gasteiger partial charge in [-0.25, -0.2) is 14.5 Å². The van der Waals surface area contributed by atoms with Gasteiger partial charge in [0.25, 0.3) is 0 Å². The second kappa shape index (κ2) is 12.2. The van der Waals surface area contributed by atoms with Gasteiger partial charge in [-0.15, -0.1) is 0 Å². The number of carbonyl (C=O) groups is 3. The molecule has 1 aliphatic rings. The molecule has 1 fully saturated rings. The maximum atomic E-state index is 13.5. The minimum Gasteiger partial charge on any atom is -0.496 e. The Bertz CT molecular complexity index is 1230. The van der Waals surface area contributed by atoms with Crippen LogP contribution in [0, 0.1) is 5.92 Å². The molecule has 0 spiro atoms. The van der Waals surface area contributed by atoms with Gasteiger partial charge >= 0.3 is 12.1 Å². The van der Waals surface area contributed by atoms with E-state index in [2.05, 4.69) is 0 Å². The number of esters is 1. The molecule has 192 valence electrons. The number of nitrogens with zero attached hydrogens (tertiary/aromatic N) is 1. The van der Waals surface area contributed by atoms with Crippen LogP contribution < -0.4 is 4.74 Å². The highest BCUT2D eigenvalue weighted by Gasteiger charge is 2.40. The highest BCUT2D eigenvalue weighted by Crippen LogP contribution is 2.26. The Morgan fingerprint density at radius 2 is 1.65 bits per heavy atom. The number of cyclic esters (lactones) is 1. The van der Waals surface area contributed by atoms with Crippen molar-refractivity contribution in [1.29, 1.82) is 0 Å². The highest BCUT2D eigenvalue weighted by molar-refractivity contribution is 5.95. The summed E-state index contributed by atoms with van der Waals surface area (Å²) in [5.41, 5.74) is 2.98. The summed E-state index contributed by atoms with van der Waals surface area (Å²) in [6, 6.07) is 24.0. The monoisotopic (exact) mass is 501 g/mol. The Morgan fingerprint density at radius 3 is 2.30 bits per heavy atom. The molecule has 0 N–H and O–H groups in total. The lowest BCUT2D eigenvalue weighted by Crippen LogP contribution is -2.44. The molecule has 4 rings (SSSR count). The van der Waals surface area contributed by atoms with Crippen LogP contribution in [0.15, 0.2) is 78.9 Å². The first-order valence-corrected chi connectivity index (χ1v) is 12.4. The molecule has 0 radical (unpaired) electrons. The number of carbonyl (C=O) groups excluding carboxylic acids is 3. The zero-order valence-electron chi connectivity index (χ0n) is 21.1. The largest absolute Gasteiger partial charge is 0.496 e. The first-order valence-electron chi connectivity index (χ1n) is 12.4. The second-order valence-corrected chi connectivity index (χ2v) is 9.03. The molecule has 1 aliphatic heterocycles. The van der Waals surface area contributed by atoms with Gasteiger partial charge in [-0.3, -0.25) is 4.79 Å². The average Bonchev–Trinajstić information content (AvgIpc) is 3.30. The SMILES string of the molecule is CC[C@H](Cc1ccc(OC)c(C(=O)OCc2ccccc2)c1)C(=O)N1C(=O)OC[C@H]1Cc1ccccc1. The fraction of sp³-hybridized carbons (Fsp3) is 0.300. The maximum absolute atomic E-state index is 13.5. The van der Waals surface area contributed by atoms with Crippen molar-refractivity contribution in [3.8, 4) is 5.75 Å². The molecule has 0 aliphatic carbocycles. The van der Waals surface area contributed by atoms with E-state index in [4.69, 9.17) is 14.2 Å². The third kappa shape index (κ3) is 6.36. The van der Waals surface area contributed by atoms with E-state index in [-0.39, 0.29) is 25.2 Å². The van der Waals surface area contributed by atoms with Gasteiger partial charge in [0, 0.05) is 5.92 Å². The summed E-state index contributed by atoms with van der Waals surface area (Å²) in [6.45, 7) is 2.23. The van der Waals surface area contributed by atoms with E-state index in [1.807, 2.05) is 73.7 Å².